The lowest BCUT2D eigenvalue weighted by Crippen LogP contribution is -2.10. The molecule has 1 aromatic rings. The van der Waals surface area contributed by atoms with Crippen molar-refractivity contribution >= 4 is 15.9 Å². The highest BCUT2D eigenvalue weighted by atomic mass is 79.9. The maximum Gasteiger partial charge on any atom is 0.0462 e. The molecule has 1 N–H and O–H groups in total. The topological polar surface area (TPSA) is 20.2 Å². The molecule has 1 unspecified atom stereocenters. The summed E-state index contributed by atoms with van der Waals surface area (Å²) in [6.07, 6.45) is 4.58. The minimum Gasteiger partial charge on any atom is -0.396 e. The van der Waals surface area contributed by atoms with Gasteiger partial charge in [-0.3, -0.25) is 0 Å². The van der Waals surface area contributed by atoms with E-state index in [1.807, 2.05) is 6.07 Å². The first kappa shape index (κ1) is 14.7. The van der Waals surface area contributed by atoms with Crippen LogP contribution in [0.5, 0.6) is 0 Å². The van der Waals surface area contributed by atoms with Crippen molar-refractivity contribution in [2.24, 2.45) is 11.8 Å². The van der Waals surface area contributed by atoms with Crippen LogP contribution >= 0.6 is 15.9 Å². The second-order valence-corrected chi connectivity index (χ2v) is 6.12. The molecule has 2 heteroatoms. The van der Waals surface area contributed by atoms with Gasteiger partial charge in [-0.05, 0) is 42.4 Å². The minimum atomic E-state index is 0.296. The Morgan fingerprint density at radius 1 is 1.24 bits per heavy atom. The van der Waals surface area contributed by atoms with E-state index in [1.54, 1.807) is 0 Å². The lowest BCUT2D eigenvalue weighted by Gasteiger charge is -2.15. The monoisotopic (exact) mass is 298 g/mol. The molecule has 96 valence electrons. The van der Waals surface area contributed by atoms with Crippen molar-refractivity contribution in [3.63, 3.8) is 0 Å². The molecule has 0 amide bonds. The van der Waals surface area contributed by atoms with Gasteiger partial charge in [0.25, 0.3) is 0 Å². The van der Waals surface area contributed by atoms with E-state index in [-0.39, 0.29) is 0 Å². The van der Waals surface area contributed by atoms with Crippen molar-refractivity contribution in [3.8, 4) is 0 Å². The predicted octanol–water partition coefficient (Wildman–Crippen LogP) is 4.43. The van der Waals surface area contributed by atoms with Crippen LogP contribution in [0.3, 0.4) is 0 Å². The lowest BCUT2D eigenvalue weighted by molar-refractivity contribution is 0.213. The van der Waals surface area contributed by atoms with Gasteiger partial charge in [-0.1, -0.05) is 54.8 Å². The van der Waals surface area contributed by atoms with Crippen LogP contribution in [-0.4, -0.2) is 11.7 Å². The fraction of sp³-hybridized carbons (Fsp3) is 0.600. The molecule has 0 aliphatic rings. The summed E-state index contributed by atoms with van der Waals surface area (Å²) < 4.78 is 1.12. The Hall–Kier alpha value is -0.340. The molecule has 0 aliphatic carbocycles. The molecule has 0 saturated carbocycles. The van der Waals surface area contributed by atoms with Crippen LogP contribution in [0, 0.1) is 11.8 Å². The molecule has 0 saturated heterocycles. The molecule has 0 fully saturated rings. The molecule has 1 rings (SSSR count). The van der Waals surface area contributed by atoms with E-state index < -0.39 is 0 Å². The quantitative estimate of drug-likeness (QED) is 0.790. The zero-order valence-electron chi connectivity index (χ0n) is 10.8. The zero-order valence-corrected chi connectivity index (χ0v) is 12.4. The second-order valence-electron chi connectivity index (χ2n) is 5.21. The van der Waals surface area contributed by atoms with E-state index in [4.69, 9.17) is 0 Å². The molecule has 0 aliphatic heterocycles. The van der Waals surface area contributed by atoms with Crippen molar-refractivity contribution in [2.75, 3.05) is 6.61 Å². The summed E-state index contributed by atoms with van der Waals surface area (Å²) in [6.45, 7) is 4.80. The van der Waals surface area contributed by atoms with E-state index in [0.29, 0.717) is 12.5 Å². The molecule has 1 nitrogen and oxygen atoms in total. The highest BCUT2D eigenvalue weighted by molar-refractivity contribution is 9.10. The summed E-state index contributed by atoms with van der Waals surface area (Å²) in [5.41, 5.74) is 1.31. The van der Waals surface area contributed by atoms with Gasteiger partial charge < -0.3 is 5.11 Å². The van der Waals surface area contributed by atoms with Crippen LogP contribution < -0.4 is 0 Å². The number of hydrogen-bond acceptors (Lipinski definition) is 1. The Morgan fingerprint density at radius 3 is 2.59 bits per heavy atom. The molecule has 0 bridgehead atoms. The largest absolute Gasteiger partial charge is 0.396 e. The van der Waals surface area contributed by atoms with E-state index in [0.717, 1.165) is 23.2 Å². The van der Waals surface area contributed by atoms with E-state index in [1.165, 1.54) is 18.4 Å². The Bertz CT molecular complexity index is 322. The van der Waals surface area contributed by atoms with E-state index in [9.17, 15) is 5.11 Å². The van der Waals surface area contributed by atoms with Crippen molar-refractivity contribution in [2.45, 2.75) is 39.5 Å². The molecule has 0 heterocycles. The summed E-state index contributed by atoms with van der Waals surface area (Å²) in [7, 11) is 0. The van der Waals surface area contributed by atoms with Gasteiger partial charge in [0.15, 0.2) is 0 Å². The molecule has 0 radical (unpaired) electrons. The summed E-state index contributed by atoms with van der Waals surface area (Å²) in [6, 6.07) is 8.37. The van der Waals surface area contributed by atoms with E-state index >= 15 is 0 Å². The Labute approximate surface area is 113 Å². The first-order valence-electron chi connectivity index (χ1n) is 6.47. The third-order valence-electron chi connectivity index (χ3n) is 3.07. The molecule has 1 atom stereocenters. The van der Waals surface area contributed by atoms with Crippen LogP contribution in [0.1, 0.15) is 38.7 Å². The number of benzene rings is 1. The first-order chi connectivity index (χ1) is 8.11. The number of rotatable bonds is 7. The van der Waals surface area contributed by atoms with Crippen LogP contribution in [0.25, 0.3) is 0 Å². The van der Waals surface area contributed by atoms with Gasteiger partial charge in [-0.25, -0.2) is 0 Å². The molecule has 0 spiro atoms. The zero-order chi connectivity index (χ0) is 12.7. The average molecular weight is 299 g/mol. The second kappa shape index (κ2) is 7.88. The van der Waals surface area contributed by atoms with Crippen LogP contribution in [0.2, 0.25) is 0 Å². The Morgan fingerprint density at radius 2 is 2.00 bits per heavy atom. The van der Waals surface area contributed by atoms with Crippen LogP contribution in [0.4, 0.5) is 0 Å². The third kappa shape index (κ3) is 6.23. The SMILES string of the molecule is CC(C)CCCC(CO)Cc1cccc(Br)c1. The van der Waals surface area contributed by atoms with Gasteiger partial charge in [-0.2, -0.15) is 0 Å². The average Bonchev–Trinajstić information content (AvgIpc) is 2.27. The Balaban J connectivity index is 2.41. The molecule has 1 aromatic carbocycles. The highest BCUT2D eigenvalue weighted by Crippen LogP contribution is 2.19. The van der Waals surface area contributed by atoms with Gasteiger partial charge in [0.1, 0.15) is 0 Å². The predicted molar refractivity (Wildman–Crippen MR) is 77.1 cm³/mol. The van der Waals surface area contributed by atoms with Crippen LogP contribution in [0.15, 0.2) is 28.7 Å². The minimum absolute atomic E-state index is 0.296. The maximum atomic E-state index is 9.41. The van der Waals surface area contributed by atoms with Gasteiger partial charge in [-0.15, -0.1) is 0 Å². The molecule has 17 heavy (non-hydrogen) atoms. The molecular formula is C15H23BrO. The first-order valence-corrected chi connectivity index (χ1v) is 7.26. The summed E-state index contributed by atoms with van der Waals surface area (Å²) in [5.74, 6) is 1.17. The number of halogens is 1. The molecule has 0 aromatic heterocycles. The fourth-order valence-electron chi connectivity index (χ4n) is 2.07. The van der Waals surface area contributed by atoms with Crippen LogP contribution in [-0.2, 0) is 6.42 Å². The number of aliphatic hydroxyl groups is 1. The van der Waals surface area contributed by atoms with Gasteiger partial charge in [0.2, 0.25) is 0 Å². The third-order valence-corrected chi connectivity index (χ3v) is 3.56. The fourth-order valence-corrected chi connectivity index (χ4v) is 2.52. The standard InChI is InChI=1S/C15H23BrO/c1-12(2)5-3-7-14(11-17)9-13-6-4-8-15(16)10-13/h4,6,8,10,12,14,17H,3,5,7,9,11H2,1-2H3. The number of aliphatic hydroxyl groups excluding tert-OH is 1. The normalized spacial score (nSPS) is 13.0. The lowest BCUT2D eigenvalue weighted by atomic mass is 9.93. The van der Waals surface area contributed by atoms with Crippen molar-refractivity contribution in [1.82, 2.24) is 0 Å². The highest BCUT2D eigenvalue weighted by Gasteiger charge is 2.09. The van der Waals surface area contributed by atoms with Crippen molar-refractivity contribution in [3.05, 3.63) is 34.3 Å². The van der Waals surface area contributed by atoms with Gasteiger partial charge in [0, 0.05) is 11.1 Å². The summed E-state index contributed by atoms with van der Waals surface area (Å²) >= 11 is 3.48. The smallest absolute Gasteiger partial charge is 0.0462 e. The Kier molecular flexibility index (Phi) is 6.83. The summed E-state index contributed by atoms with van der Waals surface area (Å²) in [5, 5.41) is 9.41. The number of hydrogen-bond donors (Lipinski definition) is 1. The molecular weight excluding hydrogens is 276 g/mol. The van der Waals surface area contributed by atoms with Gasteiger partial charge >= 0.3 is 0 Å². The van der Waals surface area contributed by atoms with Crippen molar-refractivity contribution in [1.29, 1.82) is 0 Å². The van der Waals surface area contributed by atoms with Gasteiger partial charge in [0.05, 0.1) is 0 Å². The maximum absolute atomic E-state index is 9.41. The summed E-state index contributed by atoms with van der Waals surface area (Å²) in [4.78, 5) is 0. The van der Waals surface area contributed by atoms with Crippen molar-refractivity contribution < 1.29 is 5.11 Å². The van der Waals surface area contributed by atoms with E-state index in [2.05, 4.69) is 48.0 Å².